The molecule has 0 bridgehead atoms. The minimum absolute atomic E-state index is 0.106. The molecule has 0 aliphatic carbocycles. The smallest absolute Gasteiger partial charge is 0.251 e. The SMILES string of the molecule is CCCC(OCC)c1nc(C(C)(C)C)cc(=O)[nH]1. The van der Waals surface area contributed by atoms with Crippen LogP contribution in [0, 0.1) is 0 Å². The molecule has 1 atom stereocenters. The Morgan fingerprint density at radius 2 is 2.06 bits per heavy atom. The van der Waals surface area contributed by atoms with Gasteiger partial charge in [-0.1, -0.05) is 34.1 Å². The number of hydrogen-bond donors (Lipinski definition) is 1. The predicted molar refractivity (Wildman–Crippen MR) is 72.8 cm³/mol. The summed E-state index contributed by atoms with van der Waals surface area (Å²) >= 11 is 0. The molecule has 0 aliphatic heterocycles. The molecule has 1 heterocycles. The van der Waals surface area contributed by atoms with Crippen LogP contribution in [0.2, 0.25) is 0 Å². The van der Waals surface area contributed by atoms with E-state index >= 15 is 0 Å². The minimum atomic E-state index is -0.133. The minimum Gasteiger partial charge on any atom is -0.371 e. The molecule has 4 nitrogen and oxygen atoms in total. The Kier molecular flexibility index (Phi) is 5.08. The van der Waals surface area contributed by atoms with Crippen LogP contribution in [0.25, 0.3) is 0 Å². The van der Waals surface area contributed by atoms with Crippen LogP contribution in [0.4, 0.5) is 0 Å². The van der Waals surface area contributed by atoms with E-state index in [0.29, 0.717) is 12.4 Å². The first-order chi connectivity index (χ1) is 8.38. The summed E-state index contributed by atoms with van der Waals surface area (Å²) in [4.78, 5) is 19.1. The summed E-state index contributed by atoms with van der Waals surface area (Å²) in [7, 11) is 0. The van der Waals surface area contributed by atoms with Gasteiger partial charge in [-0.2, -0.15) is 0 Å². The number of nitrogens with one attached hydrogen (secondary N) is 1. The molecule has 0 spiro atoms. The first kappa shape index (κ1) is 14.9. The summed E-state index contributed by atoms with van der Waals surface area (Å²) in [6, 6.07) is 1.57. The highest BCUT2D eigenvalue weighted by Gasteiger charge is 2.20. The highest BCUT2D eigenvalue weighted by molar-refractivity contribution is 5.13. The molecule has 0 amide bonds. The Balaban J connectivity index is 3.14. The van der Waals surface area contributed by atoms with Crippen molar-refractivity contribution in [1.29, 1.82) is 0 Å². The van der Waals surface area contributed by atoms with Crippen molar-refractivity contribution >= 4 is 0 Å². The molecule has 102 valence electrons. The molecule has 0 radical (unpaired) electrons. The third kappa shape index (κ3) is 3.95. The summed E-state index contributed by atoms with van der Waals surface area (Å²) in [5.74, 6) is 0.649. The molecule has 1 aromatic rings. The maximum absolute atomic E-state index is 11.7. The molecule has 0 saturated carbocycles. The van der Waals surface area contributed by atoms with Crippen LogP contribution in [0.3, 0.4) is 0 Å². The van der Waals surface area contributed by atoms with Gasteiger partial charge in [-0.15, -0.1) is 0 Å². The van der Waals surface area contributed by atoms with E-state index in [1.54, 1.807) is 6.07 Å². The van der Waals surface area contributed by atoms with Crippen LogP contribution >= 0.6 is 0 Å². The van der Waals surface area contributed by atoms with Crippen LogP contribution in [-0.2, 0) is 10.2 Å². The molecule has 1 aromatic heterocycles. The van der Waals surface area contributed by atoms with E-state index in [-0.39, 0.29) is 17.1 Å². The molecule has 1 N–H and O–H groups in total. The molecule has 0 saturated heterocycles. The second kappa shape index (κ2) is 6.14. The van der Waals surface area contributed by atoms with Crippen molar-refractivity contribution in [2.75, 3.05) is 6.61 Å². The molecule has 0 aromatic carbocycles. The van der Waals surface area contributed by atoms with Gasteiger partial charge in [-0.05, 0) is 13.3 Å². The van der Waals surface area contributed by atoms with E-state index in [4.69, 9.17) is 4.74 Å². The molecular formula is C14H24N2O2. The Morgan fingerprint density at radius 3 is 2.56 bits per heavy atom. The summed E-state index contributed by atoms with van der Waals surface area (Å²) in [5, 5.41) is 0. The van der Waals surface area contributed by atoms with Crippen LogP contribution in [0.5, 0.6) is 0 Å². The topological polar surface area (TPSA) is 55.0 Å². The Morgan fingerprint density at radius 1 is 1.39 bits per heavy atom. The summed E-state index contributed by atoms with van der Waals surface area (Å²) in [6.45, 7) is 10.8. The number of aromatic amines is 1. The first-order valence-corrected chi connectivity index (χ1v) is 6.61. The lowest BCUT2D eigenvalue weighted by atomic mass is 9.92. The fourth-order valence-corrected chi connectivity index (χ4v) is 1.78. The van der Waals surface area contributed by atoms with Crippen LogP contribution in [-0.4, -0.2) is 16.6 Å². The number of H-pyrrole nitrogens is 1. The van der Waals surface area contributed by atoms with Crippen LogP contribution < -0.4 is 5.56 Å². The van der Waals surface area contributed by atoms with Crippen molar-refractivity contribution in [3.8, 4) is 0 Å². The quantitative estimate of drug-likeness (QED) is 0.876. The van der Waals surface area contributed by atoms with Crippen LogP contribution in [0.1, 0.15) is 65.1 Å². The van der Waals surface area contributed by atoms with E-state index in [9.17, 15) is 4.79 Å². The van der Waals surface area contributed by atoms with E-state index in [1.165, 1.54) is 0 Å². The lowest BCUT2D eigenvalue weighted by Gasteiger charge is -2.21. The van der Waals surface area contributed by atoms with Gasteiger partial charge in [0.05, 0.1) is 5.69 Å². The zero-order valence-corrected chi connectivity index (χ0v) is 12.0. The molecule has 0 fully saturated rings. The monoisotopic (exact) mass is 252 g/mol. The van der Waals surface area contributed by atoms with Crippen molar-refractivity contribution < 1.29 is 4.74 Å². The van der Waals surface area contributed by atoms with Gasteiger partial charge in [-0.3, -0.25) is 4.79 Å². The highest BCUT2D eigenvalue weighted by Crippen LogP contribution is 2.22. The Bertz CT molecular complexity index is 426. The lowest BCUT2D eigenvalue weighted by Crippen LogP contribution is -2.23. The van der Waals surface area contributed by atoms with Gasteiger partial charge in [0.15, 0.2) is 0 Å². The van der Waals surface area contributed by atoms with Crippen molar-refractivity contribution in [3.63, 3.8) is 0 Å². The molecule has 4 heteroatoms. The fraction of sp³-hybridized carbons (Fsp3) is 0.714. The molecular weight excluding hydrogens is 228 g/mol. The molecule has 1 rings (SSSR count). The van der Waals surface area contributed by atoms with Crippen molar-refractivity contribution in [2.45, 2.75) is 59.0 Å². The van der Waals surface area contributed by atoms with Gasteiger partial charge in [0.2, 0.25) is 0 Å². The largest absolute Gasteiger partial charge is 0.371 e. The summed E-state index contributed by atoms with van der Waals surface area (Å²) in [5.41, 5.74) is 0.569. The molecule has 1 unspecified atom stereocenters. The van der Waals surface area contributed by atoms with Crippen molar-refractivity contribution in [2.24, 2.45) is 0 Å². The zero-order valence-electron chi connectivity index (χ0n) is 12.0. The Hall–Kier alpha value is -1.16. The van der Waals surface area contributed by atoms with E-state index in [0.717, 1.165) is 18.5 Å². The van der Waals surface area contributed by atoms with Crippen molar-refractivity contribution in [3.05, 3.63) is 27.9 Å². The van der Waals surface area contributed by atoms with E-state index in [1.807, 2.05) is 27.7 Å². The summed E-state index contributed by atoms with van der Waals surface area (Å²) < 4.78 is 5.66. The fourth-order valence-electron chi connectivity index (χ4n) is 1.78. The lowest BCUT2D eigenvalue weighted by molar-refractivity contribution is 0.0489. The average molecular weight is 252 g/mol. The number of nitrogens with zero attached hydrogens (tertiary/aromatic N) is 1. The molecule has 18 heavy (non-hydrogen) atoms. The van der Waals surface area contributed by atoms with E-state index < -0.39 is 0 Å². The van der Waals surface area contributed by atoms with E-state index in [2.05, 4.69) is 16.9 Å². The standard InChI is InChI=1S/C14H24N2O2/c1-6-8-10(18-7-2)13-15-11(14(3,4)5)9-12(17)16-13/h9-10H,6-8H2,1-5H3,(H,15,16,17). The third-order valence-corrected chi connectivity index (χ3v) is 2.75. The van der Waals surface area contributed by atoms with Gasteiger partial charge in [-0.25, -0.2) is 4.98 Å². The normalized spacial score (nSPS) is 13.6. The highest BCUT2D eigenvalue weighted by atomic mass is 16.5. The van der Waals surface area contributed by atoms with Gasteiger partial charge in [0, 0.05) is 18.1 Å². The Labute approximate surface area is 109 Å². The first-order valence-electron chi connectivity index (χ1n) is 6.61. The number of rotatable bonds is 5. The summed E-state index contributed by atoms with van der Waals surface area (Å²) in [6.07, 6.45) is 1.74. The predicted octanol–water partition coefficient (Wildman–Crippen LogP) is 2.95. The number of aromatic nitrogens is 2. The number of ether oxygens (including phenoxy) is 1. The average Bonchev–Trinajstić information content (AvgIpc) is 2.27. The van der Waals surface area contributed by atoms with Gasteiger partial charge < -0.3 is 9.72 Å². The number of hydrogen-bond acceptors (Lipinski definition) is 3. The van der Waals surface area contributed by atoms with Gasteiger partial charge in [0.25, 0.3) is 5.56 Å². The van der Waals surface area contributed by atoms with Crippen LogP contribution in [0.15, 0.2) is 10.9 Å². The van der Waals surface area contributed by atoms with Crippen molar-refractivity contribution in [1.82, 2.24) is 9.97 Å². The zero-order chi connectivity index (χ0) is 13.8. The second-order valence-electron chi connectivity index (χ2n) is 5.50. The molecule has 0 aliphatic rings. The maximum atomic E-state index is 11.7. The maximum Gasteiger partial charge on any atom is 0.251 e. The third-order valence-electron chi connectivity index (χ3n) is 2.75. The van der Waals surface area contributed by atoms with Gasteiger partial charge in [0.1, 0.15) is 11.9 Å². The van der Waals surface area contributed by atoms with Gasteiger partial charge >= 0.3 is 0 Å². The second-order valence-corrected chi connectivity index (χ2v) is 5.50.